The van der Waals surface area contributed by atoms with Gasteiger partial charge in [0.25, 0.3) is 11.8 Å². The van der Waals surface area contributed by atoms with Crippen molar-refractivity contribution < 1.29 is 14.4 Å². The molecule has 0 spiro atoms. The van der Waals surface area contributed by atoms with Gasteiger partial charge in [0.2, 0.25) is 11.5 Å². The number of hydrogen-bond donors (Lipinski definition) is 2. The second-order valence-corrected chi connectivity index (χ2v) is 12.0. The molecule has 36 heavy (non-hydrogen) atoms. The minimum atomic E-state index is -0.739. The van der Waals surface area contributed by atoms with Crippen LogP contribution in [0, 0.1) is 0 Å². The Hall–Kier alpha value is -2.43. The number of thioether (sulfide) groups is 2. The van der Waals surface area contributed by atoms with Gasteiger partial charge < -0.3 is 20.8 Å². The maximum absolute atomic E-state index is 13.1. The third-order valence-corrected chi connectivity index (χ3v) is 9.27. The molecule has 17 heteroatoms. The van der Waals surface area contributed by atoms with Crippen LogP contribution in [0.4, 0.5) is 5.13 Å². The Morgan fingerprint density at radius 1 is 1.39 bits per heavy atom. The Bertz CT molecular complexity index is 1370. The minimum Gasteiger partial charge on any atom is -0.374 e. The average Bonchev–Trinajstić information content (AvgIpc) is 3.54. The standard InChI is InChI=1S/C19H14Cl2N8O3S4/c20-9-1-2-11(10(21)3-9)32-27-12(14-25-18(22)36-28-14)15(30)24-13-16(31)29-4-8(5-33-17(13)29)6-34-19-26-23-7-35-19/h1-4,7,13,17H,5-6H2,(H,24,30)(H2,22,25,28)/t13?,17-/m0/s1. The van der Waals surface area contributed by atoms with Gasteiger partial charge in [-0.05, 0) is 23.8 Å². The molecule has 3 aromatic rings. The summed E-state index contributed by atoms with van der Waals surface area (Å²) in [5, 5.41) is 15.0. The van der Waals surface area contributed by atoms with E-state index in [4.69, 9.17) is 33.8 Å². The summed E-state index contributed by atoms with van der Waals surface area (Å²) < 4.78 is 4.92. The summed E-state index contributed by atoms with van der Waals surface area (Å²) in [5.41, 5.74) is 8.21. The number of fused-ring (bicyclic) bond motifs is 1. The summed E-state index contributed by atoms with van der Waals surface area (Å²) in [6.07, 6.45) is 1.84. The van der Waals surface area contributed by atoms with E-state index in [1.807, 2.05) is 6.20 Å². The van der Waals surface area contributed by atoms with Crippen LogP contribution in [0.3, 0.4) is 0 Å². The topological polar surface area (TPSA) is 149 Å². The maximum Gasteiger partial charge on any atom is 0.278 e. The zero-order chi connectivity index (χ0) is 25.2. The smallest absolute Gasteiger partial charge is 0.278 e. The first-order chi connectivity index (χ1) is 17.4. The number of nitrogens with one attached hydrogen (secondary N) is 1. The number of anilines is 1. The Morgan fingerprint density at radius 2 is 2.25 bits per heavy atom. The van der Waals surface area contributed by atoms with Crippen molar-refractivity contribution in [3.05, 3.63) is 51.4 Å². The molecule has 0 bridgehead atoms. The molecule has 11 nitrogen and oxygen atoms in total. The molecular weight excluding hydrogens is 587 g/mol. The molecular formula is C19H14Cl2N8O3S4. The molecule has 4 heterocycles. The number of oxime groups is 1. The van der Waals surface area contributed by atoms with Gasteiger partial charge in [-0.1, -0.05) is 51.5 Å². The first kappa shape index (κ1) is 25.2. The predicted molar refractivity (Wildman–Crippen MR) is 142 cm³/mol. The number of β-lactam (4-membered cyclic amide) rings is 1. The van der Waals surface area contributed by atoms with E-state index in [0.29, 0.717) is 10.8 Å². The number of hydrogen-bond acceptors (Lipinski definition) is 13. The van der Waals surface area contributed by atoms with E-state index in [1.165, 1.54) is 23.5 Å². The average molecular weight is 602 g/mol. The fraction of sp³-hybridized carbons (Fsp3) is 0.211. The molecule has 2 atom stereocenters. The van der Waals surface area contributed by atoms with Gasteiger partial charge in [-0.2, -0.15) is 9.36 Å². The van der Waals surface area contributed by atoms with Crippen LogP contribution in [0.1, 0.15) is 5.82 Å². The van der Waals surface area contributed by atoms with E-state index in [2.05, 4.69) is 30.0 Å². The number of rotatable bonds is 8. The lowest BCUT2D eigenvalue weighted by atomic mass is 10.1. The van der Waals surface area contributed by atoms with Crippen LogP contribution in [0.15, 0.2) is 45.0 Å². The van der Waals surface area contributed by atoms with Crippen LogP contribution in [0.5, 0.6) is 5.75 Å². The molecule has 186 valence electrons. The quantitative estimate of drug-likeness (QED) is 0.171. The summed E-state index contributed by atoms with van der Waals surface area (Å²) >= 11 is 17.5. The van der Waals surface area contributed by atoms with Gasteiger partial charge in [-0.3, -0.25) is 9.59 Å². The zero-order valence-corrected chi connectivity index (χ0v) is 22.6. The lowest BCUT2D eigenvalue weighted by Gasteiger charge is -2.47. The number of aromatic nitrogens is 4. The fourth-order valence-corrected chi connectivity index (χ4v) is 6.91. The maximum atomic E-state index is 13.1. The number of nitrogen functional groups attached to an aromatic ring is 1. The van der Waals surface area contributed by atoms with Crippen molar-refractivity contribution in [1.29, 1.82) is 0 Å². The van der Waals surface area contributed by atoms with Crippen LogP contribution < -0.4 is 15.9 Å². The van der Waals surface area contributed by atoms with Gasteiger partial charge in [-0.25, -0.2) is 0 Å². The van der Waals surface area contributed by atoms with Crippen molar-refractivity contribution in [2.24, 2.45) is 5.16 Å². The highest BCUT2D eigenvalue weighted by Crippen LogP contribution is 2.37. The van der Waals surface area contributed by atoms with Gasteiger partial charge in [0, 0.05) is 34.3 Å². The van der Waals surface area contributed by atoms with Crippen molar-refractivity contribution in [2.45, 2.75) is 15.8 Å². The van der Waals surface area contributed by atoms with Crippen molar-refractivity contribution in [2.75, 3.05) is 17.2 Å². The van der Waals surface area contributed by atoms with E-state index >= 15 is 0 Å². The van der Waals surface area contributed by atoms with Crippen molar-refractivity contribution in [3.63, 3.8) is 0 Å². The lowest BCUT2D eigenvalue weighted by Crippen LogP contribution is -2.69. The number of amides is 2. The normalized spacial score (nSPS) is 19.4. The number of benzene rings is 1. The van der Waals surface area contributed by atoms with Gasteiger partial charge in [-0.15, -0.1) is 22.0 Å². The molecule has 2 amide bonds. The summed E-state index contributed by atoms with van der Waals surface area (Å²) in [6.45, 7) is 0. The highest BCUT2D eigenvalue weighted by atomic mass is 35.5. The predicted octanol–water partition coefficient (Wildman–Crippen LogP) is 3.14. The number of carbonyl (C=O) groups excluding carboxylic acids is 2. The Labute approximate surface area is 230 Å². The highest BCUT2D eigenvalue weighted by molar-refractivity contribution is 8.01. The molecule has 1 fully saturated rings. The van der Waals surface area contributed by atoms with Crippen molar-refractivity contribution in [3.8, 4) is 5.75 Å². The third kappa shape index (κ3) is 5.45. The van der Waals surface area contributed by atoms with Gasteiger partial charge in [0.05, 0.1) is 5.02 Å². The Balaban J connectivity index is 1.27. The summed E-state index contributed by atoms with van der Waals surface area (Å²) in [6, 6.07) is 3.80. The van der Waals surface area contributed by atoms with E-state index in [1.54, 1.807) is 40.0 Å². The fourth-order valence-electron chi connectivity index (χ4n) is 3.19. The summed E-state index contributed by atoms with van der Waals surface area (Å²) in [7, 11) is 0. The third-order valence-electron chi connectivity index (χ3n) is 4.85. The first-order valence-corrected chi connectivity index (χ1v) is 14.5. The van der Waals surface area contributed by atoms with Crippen LogP contribution in [-0.2, 0) is 9.59 Å². The molecule has 1 aromatic carbocycles. The van der Waals surface area contributed by atoms with Crippen LogP contribution in [0.25, 0.3) is 0 Å². The largest absolute Gasteiger partial charge is 0.374 e. The second kappa shape index (κ2) is 10.9. The van der Waals surface area contributed by atoms with Crippen molar-refractivity contribution >= 4 is 92.3 Å². The number of carbonyl (C=O) groups is 2. The molecule has 2 aromatic heterocycles. The number of nitrogens with two attached hydrogens (primary N) is 1. The highest BCUT2D eigenvalue weighted by Gasteiger charge is 2.49. The molecule has 1 unspecified atom stereocenters. The van der Waals surface area contributed by atoms with E-state index < -0.39 is 11.9 Å². The molecule has 0 aliphatic carbocycles. The molecule has 2 aliphatic rings. The van der Waals surface area contributed by atoms with Gasteiger partial charge in [0.15, 0.2) is 15.2 Å². The Kier molecular flexibility index (Phi) is 7.64. The Morgan fingerprint density at radius 3 is 2.97 bits per heavy atom. The van der Waals surface area contributed by atoms with Gasteiger partial charge in [0.1, 0.15) is 16.9 Å². The van der Waals surface area contributed by atoms with E-state index in [0.717, 1.165) is 27.2 Å². The zero-order valence-electron chi connectivity index (χ0n) is 17.8. The minimum absolute atomic E-state index is 0.0316. The second-order valence-electron chi connectivity index (χ2n) is 7.24. The van der Waals surface area contributed by atoms with Crippen LogP contribution >= 0.6 is 69.6 Å². The summed E-state index contributed by atoms with van der Waals surface area (Å²) in [5.74, 6) is 0.649. The molecule has 5 rings (SSSR count). The van der Waals surface area contributed by atoms with Crippen LogP contribution in [0.2, 0.25) is 10.0 Å². The lowest BCUT2D eigenvalue weighted by molar-refractivity contribution is -0.143. The van der Waals surface area contributed by atoms with E-state index in [-0.39, 0.29) is 38.7 Å². The number of nitrogens with zero attached hydrogens (tertiary/aromatic N) is 6. The molecule has 1 saturated heterocycles. The van der Waals surface area contributed by atoms with Gasteiger partial charge >= 0.3 is 0 Å². The first-order valence-electron chi connectivity index (χ1n) is 10.0. The molecule has 3 N–H and O–H groups in total. The van der Waals surface area contributed by atoms with Crippen molar-refractivity contribution in [1.82, 2.24) is 29.8 Å². The SMILES string of the molecule is Nc1nc(C(=NOc2ccc(Cl)cc2Cl)C(=O)NC2C(=O)N3C=C(CSc4nncs4)CS[C@@H]23)ns1. The molecule has 0 radical (unpaired) electrons. The molecule has 2 aliphatic heterocycles. The monoisotopic (exact) mass is 600 g/mol. The van der Waals surface area contributed by atoms with E-state index in [9.17, 15) is 9.59 Å². The summed E-state index contributed by atoms with van der Waals surface area (Å²) in [4.78, 5) is 37.0. The van der Waals surface area contributed by atoms with Crippen LogP contribution in [-0.4, -0.2) is 64.9 Å². The molecule has 0 saturated carbocycles. The number of halogens is 2.